The van der Waals surface area contributed by atoms with Gasteiger partial charge in [0.1, 0.15) is 11.5 Å². The van der Waals surface area contributed by atoms with Gasteiger partial charge in [0.25, 0.3) is 0 Å². The minimum atomic E-state index is -1.29. The molecule has 6 atom stereocenters. The molecule has 2 aromatic rings. The number of phenols is 2. The molecular weight excluding hydrogens is 490 g/mol. The summed E-state index contributed by atoms with van der Waals surface area (Å²) in [6.07, 6.45) is -2.76. The maximum absolute atomic E-state index is 13.3. The monoisotopic (exact) mass is 519 g/mol. The first-order valence-corrected chi connectivity index (χ1v) is 11.8. The zero-order chi connectivity index (χ0) is 25.2. The standard InChI is InChI=1S/C26H29NO8.ClH/c1-3-26(33)9-14-18(16(10-26)35-17-8-15(27)21(28)11(2)34-17)25(32)20-19(24(14)31)22(29)12-6-4-5-7-13(12)23(20)30;/h4-7,11,15-17,21,28,31-33H,3,8-10,27H2,1-2H3;1H/t11-,15-,16-,17-,21+,26-;/m0./s1. The Morgan fingerprint density at radius 3 is 2.25 bits per heavy atom. The smallest absolute Gasteiger partial charge is 0.198 e. The predicted octanol–water partition coefficient (Wildman–Crippen LogP) is 2.26. The third kappa shape index (κ3) is 4.00. The van der Waals surface area contributed by atoms with Crippen LogP contribution in [-0.2, 0) is 15.9 Å². The minimum Gasteiger partial charge on any atom is -0.507 e. The molecule has 6 N–H and O–H groups in total. The topological polar surface area (TPSA) is 160 Å². The van der Waals surface area contributed by atoms with Crippen LogP contribution in [0.1, 0.15) is 82.2 Å². The van der Waals surface area contributed by atoms with E-state index in [0.717, 1.165) is 0 Å². The molecule has 0 bridgehead atoms. The lowest BCUT2D eigenvalue weighted by atomic mass is 9.72. The lowest BCUT2D eigenvalue weighted by Gasteiger charge is -2.42. The summed E-state index contributed by atoms with van der Waals surface area (Å²) in [5, 5.41) is 44.0. The van der Waals surface area contributed by atoms with E-state index in [2.05, 4.69) is 0 Å². The number of phenolic OH excluding ortho intramolecular Hbond substituents is 2. The van der Waals surface area contributed by atoms with Crippen molar-refractivity contribution in [1.29, 1.82) is 0 Å². The van der Waals surface area contributed by atoms with Crippen LogP contribution in [0.4, 0.5) is 0 Å². The number of aliphatic hydroxyl groups is 2. The summed E-state index contributed by atoms with van der Waals surface area (Å²) in [5.74, 6) is -2.03. The number of fused-ring (bicyclic) bond motifs is 3. The second kappa shape index (κ2) is 9.41. The molecule has 9 nitrogen and oxygen atoms in total. The molecule has 1 aliphatic heterocycles. The van der Waals surface area contributed by atoms with Gasteiger partial charge in [0.2, 0.25) is 0 Å². The number of halogens is 1. The number of benzene rings is 2. The van der Waals surface area contributed by atoms with Crippen molar-refractivity contribution >= 4 is 24.0 Å². The van der Waals surface area contributed by atoms with E-state index in [1.54, 1.807) is 26.0 Å². The van der Waals surface area contributed by atoms with Crippen LogP contribution >= 0.6 is 12.4 Å². The molecule has 0 spiro atoms. The van der Waals surface area contributed by atoms with Crippen molar-refractivity contribution in [3.8, 4) is 11.5 Å². The summed E-state index contributed by atoms with van der Waals surface area (Å²) < 4.78 is 11.9. The van der Waals surface area contributed by atoms with E-state index >= 15 is 0 Å². The fourth-order valence-corrected chi connectivity index (χ4v) is 5.50. The van der Waals surface area contributed by atoms with Crippen molar-refractivity contribution in [3.63, 3.8) is 0 Å². The van der Waals surface area contributed by atoms with Gasteiger partial charge in [0, 0.05) is 47.6 Å². The van der Waals surface area contributed by atoms with Crippen LogP contribution in [0.2, 0.25) is 0 Å². The Balaban J connectivity index is 0.00000304. The summed E-state index contributed by atoms with van der Waals surface area (Å²) in [6, 6.07) is 5.65. The number of hydrogen-bond acceptors (Lipinski definition) is 9. The summed E-state index contributed by atoms with van der Waals surface area (Å²) >= 11 is 0. The number of rotatable bonds is 3. The van der Waals surface area contributed by atoms with Gasteiger partial charge in [0.15, 0.2) is 17.9 Å². The molecule has 1 saturated heterocycles. The molecule has 1 fully saturated rings. The Kier molecular flexibility index (Phi) is 6.93. The molecule has 0 saturated carbocycles. The summed E-state index contributed by atoms with van der Waals surface area (Å²) in [6.45, 7) is 3.45. The van der Waals surface area contributed by atoms with Crippen molar-refractivity contribution in [1.82, 2.24) is 0 Å². The van der Waals surface area contributed by atoms with Crippen molar-refractivity contribution in [3.05, 3.63) is 57.6 Å². The summed E-state index contributed by atoms with van der Waals surface area (Å²) in [4.78, 5) is 26.6. The van der Waals surface area contributed by atoms with E-state index in [4.69, 9.17) is 15.2 Å². The van der Waals surface area contributed by atoms with E-state index in [0.29, 0.717) is 6.42 Å². The molecule has 2 aromatic carbocycles. The number of ether oxygens (including phenoxy) is 2. The number of ketones is 2. The molecule has 10 heteroatoms. The van der Waals surface area contributed by atoms with Crippen LogP contribution in [0.25, 0.3) is 0 Å². The zero-order valence-corrected chi connectivity index (χ0v) is 20.7. The SMILES string of the molecule is CC[C@]1(O)Cc2c(O)c3c(c(O)c2[C@@H](O[C@H]2C[C@H](N)[C@H](O)[C@H](C)O2)C1)C(=O)c1ccccc1C3=O.Cl. The van der Waals surface area contributed by atoms with Crippen LogP contribution in [-0.4, -0.2) is 62.1 Å². The molecule has 1 heterocycles. The van der Waals surface area contributed by atoms with Gasteiger partial charge < -0.3 is 35.6 Å². The fraction of sp³-hybridized carbons (Fsp3) is 0.462. The van der Waals surface area contributed by atoms with Gasteiger partial charge in [-0.1, -0.05) is 31.2 Å². The first-order chi connectivity index (χ1) is 16.6. The summed E-state index contributed by atoms with van der Waals surface area (Å²) in [5.41, 5.74) is 4.79. The highest BCUT2D eigenvalue weighted by Gasteiger charge is 2.46. The maximum Gasteiger partial charge on any atom is 0.198 e. The fourth-order valence-electron chi connectivity index (χ4n) is 5.50. The Morgan fingerprint density at radius 2 is 1.69 bits per heavy atom. The molecule has 3 aliphatic rings. The molecule has 2 aliphatic carbocycles. The molecule has 0 unspecified atom stereocenters. The average molecular weight is 520 g/mol. The summed E-state index contributed by atoms with van der Waals surface area (Å²) in [7, 11) is 0. The van der Waals surface area contributed by atoms with Gasteiger partial charge in [-0.2, -0.15) is 0 Å². The van der Waals surface area contributed by atoms with E-state index in [1.807, 2.05) is 0 Å². The van der Waals surface area contributed by atoms with Crippen LogP contribution in [0.15, 0.2) is 24.3 Å². The van der Waals surface area contributed by atoms with Crippen molar-refractivity contribution in [2.75, 3.05) is 0 Å². The minimum absolute atomic E-state index is 0. The molecule has 5 rings (SSSR count). The van der Waals surface area contributed by atoms with Crippen molar-refractivity contribution < 1.29 is 39.5 Å². The first-order valence-electron chi connectivity index (χ1n) is 11.8. The lowest BCUT2D eigenvalue weighted by molar-refractivity contribution is -0.247. The molecule has 0 amide bonds. The van der Waals surface area contributed by atoms with Crippen LogP contribution < -0.4 is 5.73 Å². The molecule has 0 aromatic heterocycles. The largest absolute Gasteiger partial charge is 0.507 e. The number of hydrogen-bond donors (Lipinski definition) is 5. The van der Waals surface area contributed by atoms with Crippen LogP contribution in [0.3, 0.4) is 0 Å². The van der Waals surface area contributed by atoms with E-state index in [1.165, 1.54) is 12.1 Å². The molecule has 194 valence electrons. The Morgan fingerprint density at radius 1 is 1.11 bits per heavy atom. The van der Waals surface area contributed by atoms with Gasteiger partial charge >= 0.3 is 0 Å². The number of aliphatic hydroxyl groups excluding tert-OH is 1. The van der Waals surface area contributed by atoms with E-state index in [9.17, 15) is 30.0 Å². The highest BCUT2D eigenvalue weighted by Crippen LogP contribution is 2.52. The number of aromatic hydroxyl groups is 2. The number of carbonyl (C=O) groups is 2. The van der Waals surface area contributed by atoms with Gasteiger partial charge in [-0.05, 0) is 13.3 Å². The second-order valence-electron chi connectivity index (χ2n) is 9.79. The molecule has 36 heavy (non-hydrogen) atoms. The second-order valence-corrected chi connectivity index (χ2v) is 9.79. The van der Waals surface area contributed by atoms with Gasteiger partial charge in [-0.3, -0.25) is 9.59 Å². The lowest BCUT2D eigenvalue weighted by Crippen LogP contribution is -2.52. The number of carbonyl (C=O) groups excluding carboxylic acids is 2. The highest BCUT2D eigenvalue weighted by atomic mass is 35.5. The quantitative estimate of drug-likeness (QED) is 0.327. The Labute approximate surface area is 214 Å². The zero-order valence-electron chi connectivity index (χ0n) is 19.9. The van der Waals surface area contributed by atoms with Crippen molar-refractivity contribution in [2.45, 2.75) is 75.8 Å². The predicted molar refractivity (Wildman–Crippen MR) is 131 cm³/mol. The highest BCUT2D eigenvalue weighted by molar-refractivity contribution is 6.30. The van der Waals surface area contributed by atoms with Gasteiger partial charge in [-0.25, -0.2) is 0 Å². The molecule has 0 radical (unpaired) electrons. The number of nitrogens with two attached hydrogens (primary N) is 1. The Bertz CT molecular complexity index is 1220. The van der Waals surface area contributed by atoms with Crippen LogP contribution in [0.5, 0.6) is 11.5 Å². The van der Waals surface area contributed by atoms with Crippen molar-refractivity contribution in [2.24, 2.45) is 5.73 Å². The van der Waals surface area contributed by atoms with Gasteiger partial charge in [0.05, 0.1) is 35.0 Å². The first kappa shape index (κ1) is 26.5. The normalized spacial score (nSPS) is 31.2. The average Bonchev–Trinajstić information content (AvgIpc) is 2.83. The van der Waals surface area contributed by atoms with E-state index < -0.39 is 59.3 Å². The third-order valence-electron chi connectivity index (χ3n) is 7.58. The van der Waals surface area contributed by atoms with Gasteiger partial charge in [-0.15, -0.1) is 12.4 Å². The maximum atomic E-state index is 13.3. The van der Waals surface area contributed by atoms with E-state index in [-0.39, 0.29) is 65.1 Å². The molecular formula is C26H30ClNO8. The van der Waals surface area contributed by atoms with Crippen LogP contribution in [0, 0.1) is 0 Å². The third-order valence-corrected chi connectivity index (χ3v) is 7.58. The Hall–Kier alpha value is -2.53.